The van der Waals surface area contributed by atoms with E-state index < -0.39 is 0 Å². The zero-order valence-corrected chi connectivity index (χ0v) is 21.8. The van der Waals surface area contributed by atoms with E-state index in [1.807, 2.05) is 12.1 Å². The Morgan fingerprint density at radius 2 is 1.61 bits per heavy atom. The molecule has 0 aliphatic heterocycles. The predicted octanol–water partition coefficient (Wildman–Crippen LogP) is 6.92. The van der Waals surface area contributed by atoms with Crippen molar-refractivity contribution in [1.82, 2.24) is 14.8 Å². The maximum atomic E-state index is 11.6. The van der Waals surface area contributed by atoms with Crippen molar-refractivity contribution in [2.45, 2.75) is 6.42 Å². The number of halogens is 4. The molecule has 1 amide bonds. The molecule has 1 N–H and O–H groups in total. The van der Waals surface area contributed by atoms with Crippen molar-refractivity contribution in [2.24, 2.45) is 0 Å². The summed E-state index contributed by atoms with van der Waals surface area (Å²) in [6, 6.07) is 19.6. The molecule has 0 spiro atoms. The molecule has 186 valence electrons. The molecule has 0 atom stereocenters. The lowest BCUT2D eigenvalue weighted by Crippen LogP contribution is -2.12. The molecule has 3 aromatic carbocycles. The van der Waals surface area contributed by atoms with Gasteiger partial charge in [0.05, 0.1) is 28.9 Å². The first-order valence-electron chi connectivity index (χ1n) is 10.8. The van der Waals surface area contributed by atoms with E-state index >= 15 is 0 Å². The number of nitrogens with one attached hydrogen (secondary N) is 1. The summed E-state index contributed by atoms with van der Waals surface area (Å²) in [6.45, 7) is 0.805. The second-order valence-electron chi connectivity index (χ2n) is 7.49. The van der Waals surface area contributed by atoms with Crippen LogP contribution in [0.3, 0.4) is 0 Å². The Hall–Kier alpha value is -2.97. The zero-order chi connectivity index (χ0) is 25.5. The van der Waals surface area contributed by atoms with Gasteiger partial charge in [-0.3, -0.25) is 4.79 Å². The summed E-state index contributed by atoms with van der Waals surface area (Å²) < 4.78 is 13.1. The molecule has 0 aliphatic rings. The van der Waals surface area contributed by atoms with Gasteiger partial charge in [-0.1, -0.05) is 34.8 Å². The Kier molecular flexibility index (Phi) is 8.93. The van der Waals surface area contributed by atoms with Crippen molar-refractivity contribution in [3.05, 3.63) is 81.8 Å². The van der Waals surface area contributed by atoms with E-state index in [1.165, 1.54) is 0 Å². The number of nitrogens with zero attached hydrogens (tertiary/aromatic N) is 3. The molecule has 1 heterocycles. The highest BCUT2D eigenvalue weighted by atomic mass is 35.5. The normalized spacial score (nSPS) is 10.8. The highest BCUT2D eigenvalue weighted by Gasteiger charge is 2.16. The summed E-state index contributed by atoms with van der Waals surface area (Å²) in [6.07, 6.45) is 0.619. The number of alkyl halides is 1. The number of ether oxygens (including phenoxy) is 2. The number of carbonyl (C=O) groups is 1. The van der Waals surface area contributed by atoms with E-state index in [9.17, 15) is 4.79 Å². The van der Waals surface area contributed by atoms with Gasteiger partial charge in [-0.2, -0.15) is 4.98 Å². The molecule has 4 aromatic rings. The minimum Gasteiger partial charge on any atom is -0.493 e. The van der Waals surface area contributed by atoms with Gasteiger partial charge < -0.3 is 14.8 Å². The van der Waals surface area contributed by atoms with E-state index in [4.69, 9.17) is 55.9 Å². The topological polar surface area (TPSA) is 78.3 Å². The van der Waals surface area contributed by atoms with Gasteiger partial charge in [-0.25, -0.2) is 4.68 Å². The molecule has 0 bridgehead atoms. The Balaban J connectivity index is 1.49. The molecule has 0 unspecified atom stereocenters. The zero-order valence-electron chi connectivity index (χ0n) is 18.8. The van der Waals surface area contributed by atoms with Crippen LogP contribution in [0.15, 0.2) is 66.7 Å². The summed E-state index contributed by atoms with van der Waals surface area (Å²) >= 11 is 23.8. The van der Waals surface area contributed by atoms with Crippen molar-refractivity contribution in [3.8, 4) is 28.8 Å². The number of rotatable bonds is 10. The van der Waals surface area contributed by atoms with Crippen LogP contribution in [0.2, 0.25) is 15.1 Å². The molecule has 36 heavy (non-hydrogen) atoms. The molecular weight excluding hydrogens is 546 g/mol. The molecular formula is C25H20Cl4N4O3. The number of anilines is 1. The van der Waals surface area contributed by atoms with Crippen LogP contribution in [0.25, 0.3) is 17.1 Å². The van der Waals surface area contributed by atoms with Gasteiger partial charge in [0.15, 0.2) is 5.82 Å². The number of amides is 1. The third kappa shape index (κ3) is 6.83. The van der Waals surface area contributed by atoms with Gasteiger partial charge in [0, 0.05) is 22.7 Å². The SMILES string of the molecule is O=C(CCl)Nc1ccc(-n2nc(OCCCOc3ccc(Cl)cc3)nc2-c2ccc(Cl)c(Cl)c2)cc1. The van der Waals surface area contributed by atoms with Crippen LogP contribution in [-0.2, 0) is 4.79 Å². The van der Waals surface area contributed by atoms with Crippen molar-refractivity contribution in [3.63, 3.8) is 0 Å². The van der Waals surface area contributed by atoms with Crippen molar-refractivity contribution >= 4 is 58.0 Å². The molecule has 0 saturated carbocycles. The number of benzene rings is 3. The first-order valence-corrected chi connectivity index (χ1v) is 12.5. The molecule has 1 aromatic heterocycles. The highest BCUT2D eigenvalue weighted by molar-refractivity contribution is 6.42. The minimum atomic E-state index is -0.294. The average Bonchev–Trinajstić information content (AvgIpc) is 3.31. The van der Waals surface area contributed by atoms with Crippen LogP contribution < -0.4 is 14.8 Å². The van der Waals surface area contributed by atoms with Gasteiger partial charge in [0.25, 0.3) is 0 Å². The average molecular weight is 566 g/mol. The third-order valence-corrected chi connectivity index (χ3v) is 6.12. The van der Waals surface area contributed by atoms with Gasteiger partial charge >= 0.3 is 6.01 Å². The molecule has 0 radical (unpaired) electrons. The van der Waals surface area contributed by atoms with E-state index in [2.05, 4.69) is 15.4 Å². The summed E-state index contributed by atoms with van der Waals surface area (Å²) in [4.78, 5) is 16.1. The molecule has 0 fully saturated rings. The van der Waals surface area contributed by atoms with Crippen molar-refractivity contribution in [1.29, 1.82) is 0 Å². The minimum absolute atomic E-state index is 0.127. The van der Waals surface area contributed by atoms with Crippen LogP contribution in [0.5, 0.6) is 11.8 Å². The highest BCUT2D eigenvalue weighted by Crippen LogP contribution is 2.30. The first-order chi connectivity index (χ1) is 17.4. The van der Waals surface area contributed by atoms with Gasteiger partial charge in [-0.15, -0.1) is 16.7 Å². The fraction of sp³-hybridized carbons (Fsp3) is 0.160. The smallest absolute Gasteiger partial charge is 0.336 e. The van der Waals surface area contributed by atoms with Crippen LogP contribution >= 0.6 is 46.4 Å². The largest absolute Gasteiger partial charge is 0.493 e. The third-order valence-electron chi connectivity index (χ3n) is 4.88. The van der Waals surface area contributed by atoms with E-state index in [0.29, 0.717) is 57.5 Å². The second-order valence-corrected chi connectivity index (χ2v) is 9.01. The number of aromatic nitrogens is 3. The summed E-state index contributed by atoms with van der Waals surface area (Å²) in [5.41, 5.74) is 2.02. The summed E-state index contributed by atoms with van der Waals surface area (Å²) in [5.74, 6) is 0.822. The first kappa shape index (κ1) is 26.1. The Bertz CT molecular complexity index is 1330. The Labute approximate surface area is 227 Å². The van der Waals surface area contributed by atoms with Gasteiger partial charge in [0.2, 0.25) is 5.91 Å². The standard InChI is InChI=1S/C25H20Cl4N4O3/c26-15-23(34)30-18-5-7-19(8-6-18)33-24(16-2-11-21(28)22(29)14-16)31-25(32-33)36-13-1-12-35-20-9-3-17(27)4-10-20/h2-11,14H,1,12-13,15H2,(H,30,34). The monoisotopic (exact) mass is 564 g/mol. The van der Waals surface area contributed by atoms with E-state index in [-0.39, 0.29) is 17.8 Å². The number of hydrogen-bond acceptors (Lipinski definition) is 5. The molecule has 7 nitrogen and oxygen atoms in total. The molecule has 4 rings (SSSR count). The Morgan fingerprint density at radius 3 is 2.31 bits per heavy atom. The van der Waals surface area contributed by atoms with Crippen molar-refractivity contribution in [2.75, 3.05) is 24.4 Å². The maximum Gasteiger partial charge on any atom is 0.336 e. The number of hydrogen-bond donors (Lipinski definition) is 1. The summed E-state index contributed by atoms with van der Waals surface area (Å²) in [5, 5.41) is 8.70. The van der Waals surface area contributed by atoms with Crippen LogP contribution in [0, 0.1) is 0 Å². The maximum absolute atomic E-state index is 11.6. The van der Waals surface area contributed by atoms with Crippen LogP contribution in [0.1, 0.15) is 6.42 Å². The lowest BCUT2D eigenvalue weighted by molar-refractivity contribution is -0.113. The second kappa shape index (κ2) is 12.3. The lowest BCUT2D eigenvalue weighted by atomic mass is 10.2. The summed E-state index contributed by atoms with van der Waals surface area (Å²) in [7, 11) is 0. The Morgan fingerprint density at radius 1 is 0.889 bits per heavy atom. The quantitative estimate of drug-likeness (QED) is 0.167. The van der Waals surface area contributed by atoms with Crippen LogP contribution in [-0.4, -0.2) is 39.8 Å². The van der Waals surface area contributed by atoms with E-state index in [1.54, 1.807) is 59.3 Å². The molecule has 0 aliphatic carbocycles. The number of carbonyl (C=O) groups excluding carboxylic acids is 1. The van der Waals surface area contributed by atoms with Gasteiger partial charge in [-0.05, 0) is 66.7 Å². The molecule has 11 heteroatoms. The van der Waals surface area contributed by atoms with E-state index in [0.717, 1.165) is 5.75 Å². The van der Waals surface area contributed by atoms with Crippen LogP contribution in [0.4, 0.5) is 5.69 Å². The fourth-order valence-corrected chi connectivity index (χ4v) is 3.67. The fourth-order valence-electron chi connectivity index (χ4n) is 3.18. The lowest BCUT2D eigenvalue weighted by Gasteiger charge is -2.08. The predicted molar refractivity (Wildman–Crippen MR) is 143 cm³/mol. The molecule has 0 saturated heterocycles. The van der Waals surface area contributed by atoms with Crippen molar-refractivity contribution < 1.29 is 14.3 Å². The van der Waals surface area contributed by atoms with Gasteiger partial charge in [0.1, 0.15) is 11.6 Å².